The molecule has 3 aliphatic carbocycles. The highest BCUT2D eigenvalue weighted by Crippen LogP contribution is 2.63. The molecule has 9 atom stereocenters. The van der Waals surface area contributed by atoms with Crippen LogP contribution in [0.3, 0.4) is 0 Å². The predicted octanol–water partition coefficient (Wildman–Crippen LogP) is 0.525. The normalized spacial score (nSPS) is 48.7. The Morgan fingerprint density at radius 3 is 2.27 bits per heavy atom. The van der Waals surface area contributed by atoms with Gasteiger partial charge in [0.1, 0.15) is 17.8 Å². The van der Waals surface area contributed by atoms with Gasteiger partial charge in [-0.05, 0) is 25.0 Å². The van der Waals surface area contributed by atoms with Crippen LogP contribution in [-0.2, 0) is 28.5 Å². The van der Waals surface area contributed by atoms with Crippen LogP contribution in [0.1, 0.15) is 47.5 Å². The van der Waals surface area contributed by atoms with Crippen molar-refractivity contribution in [2.24, 2.45) is 16.7 Å². The lowest BCUT2D eigenvalue weighted by atomic mass is 9.44. The van der Waals surface area contributed by atoms with Crippen LogP contribution in [0.25, 0.3) is 0 Å². The molecule has 0 radical (unpaired) electrons. The zero-order valence-corrected chi connectivity index (χ0v) is 20.4. The molecule has 2 bridgehead atoms. The summed E-state index contributed by atoms with van der Waals surface area (Å²) in [7, 11) is 2.90. The van der Waals surface area contributed by atoms with Crippen LogP contribution >= 0.6 is 0 Å². The largest absolute Gasteiger partial charge is 0.454 e. The molecular formula is C24H36O9. The maximum Gasteiger partial charge on any atom is 0.303 e. The van der Waals surface area contributed by atoms with E-state index in [1.807, 2.05) is 0 Å². The van der Waals surface area contributed by atoms with Crippen LogP contribution < -0.4 is 0 Å². The highest BCUT2D eigenvalue weighted by molar-refractivity contribution is 5.93. The first-order chi connectivity index (χ1) is 15.2. The van der Waals surface area contributed by atoms with Crippen molar-refractivity contribution < 1.29 is 43.9 Å². The number of carbonyl (C=O) groups is 2. The van der Waals surface area contributed by atoms with Crippen molar-refractivity contribution in [3.05, 3.63) is 11.1 Å². The van der Waals surface area contributed by atoms with Gasteiger partial charge in [-0.2, -0.15) is 0 Å². The Hall–Kier alpha value is -1.36. The summed E-state index contributed by atoms with van der Waals surface area (Å²) < 4.78 is 23.1. The second-order valence-electron chi connectivity index (χ2n) is 10.9. The first-order valence-electron chi connectivity index (χ1n) is 11.4. The fourth-order valence-corrected chi connectivity index (χ4v) is 7.29. The Labute approximate surface area is 194 Å². The van der Waals surface area contributed by atoms with Crippen molar-refractivity contribution in [2.45, 2.75) is 89.2 Å². The Morgan fingerprint density at radius 1 is 1.15 bits per heavy atom. The number of aliphatic hydroxyl groups excluding tert-OH is 2. The number of esters is 1. The first kappa shape index (κ1) is 24.8. The number of ether oxygens (including phenoxy) is 4. The molecule has 3 fully saturated rings. The standard InChI is InChI=1S/C24H36O9/c1-11-13(26)9-24(29)20(28)18-22(5,19(27)17(31-7)16(11)21(24,3)4)14(30-6)8-15-23(18,10-32-15)33-12(2)25/h13-15,17-18,20,26,28-29H,8-10H2,1-7H3/t13-,14-,15+,17+,18-,20-,22+,23-,24+/m0/s1. The van der Waals surface area contributed by atoms with E-state index >= 15 is 0 Å². The van der Waals surface area contributed by atoms with E-state index in [-0.39, 0.29) is 25.2 Å². The molecule has 1 aliphatic heterocycles. The summed E-state index contributed by atoms with van der Waals surface area (Å²) in [5, 5.41) is 35.0. The Bertz CT molecular complexity index is 896. The molecule has 2 saturated carbocycles. The van der Waals surface area contributed by atoms with Crippen molar-refractivity contribution in [2.75, 3.05) is 20.8 Å². The van der Waals surface area contributed by atoms with E-state index < -0.39 is 64.4 Å². The molecule has 0 spiro atoms. The minimum Gasteiger partial charge on any atom is -0.454 e. The molecule has 1 saturated heterocycles. The van der Waals surface area contributed by atoms with Crippen molar-refractivity contribution in [3.8, 4) is 0 Å². The molecule has 0 unspecified atom stereocenters. The van der Waals surface area contributed by atoms with Gasteiger partial charge in [-0.1, -0.05) is 13.8 Å². The van der Waals surface area contributed by atoms with Crippen LogP contribution in [0.15, 0.2) is 11.1 Å². The average molecular weight is 469 g/mol. The third-order valence-corrected chi connectivity index (χ3v) is 9.20. The predicted molar refractivity (Wildman–Crippen MR) is 115 cm³/mol. The van der Waals surface area contributed by atoms with E-state index in [2.05, 4.69) is 0 Å². The summed E-state index contributed by atoms with van der Waals surface area (Å²) in [6.07, 6.45) is -4.88. The van der Waals surface area contributed by atoms with E-state index in [0.29, 0.717) is 11.1 Å². The summed E-state index contributed by atoms with van der Waals surface area (Å²) in [4.78, 5) is 26.5. The highest BCUT2D eigenvalue weighted by Gasteiger charge is 2.77. The fourth-order valence-electron chi connectivity index (χ4n) is 7.29. The van der Waals surface area contributed by atoms with Gasteiger partial charge in [0.05, 0.1) is 30.3 Å². The van der Waals surface area contributed by atoms with E-state index in [1.54, 1.807) is 27.7 Å². The average Bonchev–Trinajstić information content (AvgIpc) is 2.72. The number of methoxy groups -OCH3 is 2. The molecule has 0 aromatic carbocycles. The molecule has 0 aromatic rings. The number of Topliss-reactive ketones (excluding diaryl/α,β-unsaturated/α-hetero) is 1. The summed E-state index contributed by atoms with van der Waals surface area (Å²) in [5.41, 5.74) is -4.70. The van der Waals surface area contributed by atoms with E-state index in [4.69, 9.17) is 18.9 Å². The number of aliphatic hydroxyl groups is 3. The van der Waals surface area contributed by atoms with Gasteiger partial charge < -0.3 is 34.3 Å². The number of ketones is 1. The smallest absolute Gasteiger partial charge is 0.303 e. The maximum absolute atomic E-state index is 14.4. The SMILES string of the molecule is CO[C@H]1C(=O)[C@]2(C)[C@@H](OC)C[C@H]3OC[C@@]3(OC(C)=O)[C@H]2[C@H](O)[C@]2(O)C[C@H](O)C(C)=C1C2(C)C. The third-order valence-electron chi connectivity index (χ3n) is 9.20. The zero-order valence-electron chi connectivity index (χ0n) is 20.4. The lowest BCUT2D eigenvalue weighted by molar-refractivity contribution is -0.348. The molecule has 0 amide bonds. The van der Waals surface area contributed by atoms with Gasteiger partial charge in [-0.25, -0.2) is 0 Å². The van der Waals surface area contributed by atoms with Gasteiger partial charge in [-0.15, -0.1) is 0 Å². The Morgan fingerprint density at radius 2 is 1.79 bits per heavy atom. The lowest BCUT2D eigenvalue weighted by Crippen LogP contribution is -2.81. The monoisotopic (exact) mass is 468 g/mol. The summed E-state index contributed by atoms with van der Waals surface area (Å²) in [5.74, 6) is -1.98. The molecule has 0 aromatic heterocycles. The van der Waals surface area contributed by atoms with E-state index in [0.717, 1.165) is 0 Å². The zero-order chi connectivity index (χ0) is 24.7. The first-order valence-corrected chi connectivity index (χ1v) is 11.4. The van der Waals surface area contributed by atoms with Crippen LogP contribution in [0.5, 0.6) is 0 Å². The lowest BCUT2D eigenvalue weighted by Gasteiger charge is -2.67. The molecule has 9 heteroatoms. The van der Waals surface area contributed by atoms with Gasteiger partial charge >= 0.3 is 5.97 Å². The van der Waals surface area contributed by atoms with Crippen LogP contribution in [0.4, 0.5) is 0 Å². The molecular weight excluding hydrogens is 432 g/mol. The fraction of sp³-hybridized carbons (Fsp3) is 0.833. The Kier molecular flexibility index (Phi) is 5.68. The van der Waals surface area contributed by atoms with E-state index in [1.165, 1.54) is 21.1 Å². The minimum atomic E-state index is -1.85. The summed E-state index contributed by atoms with van der Waals surface area (Å²) in [6, 6.07) is 0. The quantitative estimate of drug-likeness (QED) is 0.401. The van der Waals surface area contributed by atoms with Gasteiger partial charge in [0.25, 0.3) is 0 Å². The van der Waals surface area contributed by atoms with Crippen LogP contribution in [-0.4, -0.2) is 89.6 Å². The molecule has 1 heterocycles. The number of hydrogen-bond acceptors (Lipinski definition) is 9. The van der Waals surface area contributed by atoms with E-state index in [9.17, 15) is 24.9 Å². The van der Waals surface area contributed by atoms with Gasteiger partial charge in [0.15, 0.2) is 11.4 Å². The maximum atomic E-state index is 14.4. The molecule has 4 rings (SSSR count). The third kappa shape index (κ3) is 2.87. The second kappa shape index (κ2) is 7.57. The summed E-state index contributed by atoms with van der Waals surface area (Å²) >= 11 is 0. The number of fused-ring (bicyclic) bond motifs is 5. The molecule has 33 heavy (non-hydrogen) atoms. The van der Waals surface area contributed by atoms with Gasteiger partial charge in [0, 0.05) is 45.3 Å². The van der Waals surface area contributed by atoms with Crippen LogP contribution in [0.2, 0.25) is 0 Å². The van der Waals surface area contributed by atoms with Crippen molar-refractivity contribution in [1.29, 1.82) is 0 Å². The second-order valence-corrected chi connectivity index (χ2v) is 10.9. The van der Waals surface area contributed by atoms with Crippen molar-refractivity contribution >= 4 is 11.8 Å². The molecule has 3 N–H and O–H groups in total. The Balaban J connectivity index is 2.05. The topological polar surface area (TPSA) is 132 Å². The minimum absolute atomic E-state index is 0.0172. The van der Waals surface area contributed by atoms with Crippen molar-refractivity contribution in [3.63, 3.8) is 0 Å². The molecule has 9 nitrogen and oxygen atoms in total. The molecule has 186 valence electrons. The number of hydrogen-bond donors (Lipinski definition) is 3. The van der Waals surface area contributed by atoms with Gasteiger partial charge in [0.2, 0.25) is 0 Å². The highest BCUT2D eigenvalue weighted by atomic mass is 16.6. The molecule has 4 aliphatic rings. The van der Waals surface area contributed by atoms with Crippen molar-refractivity contribution in [1.82, 2.24) is 0 Å². The number of carbonyl (C=O) groups excluding carboxylic acids is 2. The van der Waals surface area contributed by atoms with Gasteiger partial charge in [-0.3, -0.25) is 9.59 Å². The number of rotatable bonds is 3. The summed E-state index contributed by atoms with van der Waals surface area (Å²) in [6.45, 7) is 8.15. The van der Waals surface area contributed by atoms with Crippen LogP contribution in [0, 0.1) is 16.7 Å².